The molecule has 1 radical (unpaired) electrons. The molecule has 4 heteroatoms. The molecule has 0 spiro atoms. The van der Waals surface area contributed by atoms with Gasteiger partial charge in [-0.25, -0.2) is 4.79 Å². The molecule has 1 aromatic rings. The fraction of sp³-hybridized carbons (Fsp3) is 0.417. The molecule has 0 heterocycles. The molecule has 87 valence electrons. The first-order valence-electron chi connectivity index (χ1n) is 5.26. The van der Waals surface area contributed by atoms with Crippen molar-refractivity contribution in [3.05, 3.63) is 35.9 Å². The van der Waals surface area contributed by atoms with Crippen molar-refractivity contribution in [2.75, 3.05) is 13.2 Å². The molecule has 0 atom stereocenters. The maximum atomic E-state index is 11.5. The molecule has 0 unspecified atom stereocenters. The molecule has 0 fully saturated rings. The second kappa shape index (κ2) is 5.82. The molecule has 0 saturated heterocycles. The summed E-state index contributed by atoms with van der Waals surface area (Å²) in [7, 11) is -1.50. The maximum absolute atomic E-state index is 11.5. The number of benzene rings is 1. The first kappa shape index (κ1) is 12.9. The largest absolute Gasteiger partial charge is 0.460 e. The summed E-state index contributed by atoms with van der Waals surface area (Å²) in [5.41, 5.74) is 0.548. The minimum Gasteiger partial charge on any atom is -0.460 e. The van der Waals surface area contributed by atoms with E-state index in [1.54, 1.807) is 24.3 Å². The van der Waals surface area contributed by atoms with Gasteiger partial charge in [-0.2, -0.15) is 0 Å². The van der Waals surface area contributed by atoms with E-state index in [1.807, 2.05) is 0 Å². The van der Waals surface area contributed by atoms with Gasteiger partial charge in [0.2, 0.25) is 0 Å². The number of carbonyl (C=O) groups is 1. The number of carbonyl (C=O) groups excluding carboxylic acids is 1. The predicted molar refractivity (Wildman–Crippen MR) is 64.9 cm³/mol. The van der Waals surface area contributed by atoms with Crippen LogP contribution >= 0.6 is 0 Å². The van der Waals surface area contributed by atoms with E-state index in [4.69, 9.17) is 9.16 Å². The van der Waals surface area contributed by atoms with Crippen molar-refractivity contribution in [2.24, 2.45) is 0 Å². The molecule has 0 aromatic heterocycles. The Morgan fingerprint density at radius 1 is 1.25 bits per heavy atom. The highest BCUT2D eigenvalue weighted by Crippen LogP contribution is 2.03. The van der Waals surface area contributed by atoms with Crippen molar-refractivity contribution >= 4 is 14.3 Å². The lowest BCUT2D eigenvalue weighted by Gasteiger charge is -2.16. The molecule has 1 aromatic carbocycles. The van der Waals surface area contributed by atoms with Gasteiger partial charge >= 0.3 is 5.97 Å². The smallest absolute Gasteiger partial charge is 0.338 e. The topological polar surface area (TPSA) is 35.5 Å². The Balaban J connectivity index is 2.27. The molecular formula is C12H17O3Si. The Bertz CT molecular complexity index is 330. The highest BCUT2D eigenvalue weighted by Gasteiger charge is 2.14. The minimum absolute atomic E-state index is 0.307. The number of esters is 1. The van der Waals surface area contributed by atoms with Gasteiger partial charge in [0.05, 0.1) is 12.2 Å². The molecule has 0 aliphatic heterocycles. The third kappa shape index (κ3) is 5.09. The third-order valence-corrected chi connectivity index (χ3v) is 2.88. The highest BCUT2D eigenvalue weighted by atomic mass is 28.4. The van der Waals surface area contributed by atoms with Gasteiger partial charge in [-0.05, 0) is 37.8 Å². The van der Waals surface area contributed by atoms with Crippen LogP contribution in [0.1, 0.15) is 10.4 Å². The molecular weight excluding hydrogens is 220 g/mol. The Morgan fingerprint density at radius 3 is 2.44 bits per heavy atom. The molecule has 0 bridgehead atoms. The van der Waals surface area contributed by atoms with Gasteiger partial charge in [-0.1, -0.05) is 12.1 Å². The van der Waals surface area contributed by atoms with Crippen molar-refractivity contribution in [3.8, 4) is 0 Å². The fourth-order valence-corrected chi connectivity index (χ4v) is 1.78. The predicted octanol–water partition coefficient (Wildman–Crippen LogP) is 2.50. The Morgan fingerprint density at radius 2 is 1.88 bits per heavy atom. The van der Waals surface area contributed by atoms with Crippen molar-refractivity contribution in [3.63, 3.8) is 0 Å². The highest BCUT2D eigenvalue weighted by molar-refractivity contribution is 6.69. The second-order valence-electron chi connectivity index (χ2n) is 4.39. The monoisotopic (exact) mass is 237 g/mol. The molecule has 1 rings (SSSR count). The van der Waals surface area contributed by atoms with Gasteiger partial charge in [-0.3, -0.25) is 0 Å². The van der Waals surface area contributed by atoms with Crippen LogP contribution in [0.5, 0.6) is 0 Å². The van der Waals surface area contributed by atoms with Crippen LogP contribution in [0, 0.1) is 6.07 Å². The average Bonchev–Trinajstić information content (AvgIpc) is 2.24. The Labute approximate surface area is 97.5 Å². The van der Waals surface area contributed by atoms with E-state index in [1.165, 1.54) is 0 Å². The van der Waals surface area contributed by atoms with E-state index in [0.717, 1.165) is 0 Å². The zero-order valence-electron chi connectivity index (χ0n) is 9.95. The van der Waals surface area contributed by atoms with Gasteiger partial charge in [0.25, 0.3) is 0 Å². The Kier molecular flexibility index (Phi) is 4.70. The van der Waals surface area contributed by atoms with Crippen molar-refractivity contribution in [1.29, 1.82) is 0 Å². The van der Waals surface area contributed by atoms with E-state index < -0.39 is 8.32 Å². The minimum atomic E-state index is -1.50. The van der Waals surface area contributed by atoms with Crippen LogP contribution < -0.4 is 0 Å². The first-order chi connectivity index (χ1) is 7.49. The van der Waals surface area contributed by atoms with Crippen LogP contribution in [0.25, 0.3) is 0 Å². The van der Waals surface area contributed by atoms with E-state index in [-0.39, 0.29) is 5.97 Å². The summed E-state index contributed by atoms with van der Waals surface area (Å²) in [6.07, 6.45) is 0. The zero-order valence-corrected chi connectivity index (χ0v) is 10.9. The lowest BCUT2D eigenvalue weighted by Crippen LogP contribution is -2.27. The number of rotatable bonds is 5. The number of hydrogen-bond donors (Lipinski definition) is 0. The van der Waals surface area contributed by atoms with Gasteiger partial charge in [-0.15, -0.1) is 0 Å². The fourth-order valence-electron chi connectivity index (χ4n) is 1.09. The van der Waals surface area contributed by atoms with Crippen LogP contribution in [0.2, 0.25) is 19.6 Å². The first-order valence-corrected chi connectivity index (χ1v) is 8.67. The molecule has 0 N–H and O–H groups in total. The quantitative estimate of drug-likeness (QED) is 0.448. The summed E-state index contributed by atoms with van der Waals surface area (Å²) < 4.78 is 10.6. The van der Waals surface area contributed by atoms with Crippen LogP contribution in [-0.4, -0.2) is 27.5 Å². The van der Waals surface area contributed by atoms with Crippen LogP contribution in [0.3, 0.4) is 0 Å². The lowest BCUT2D eigenvalue weighted by atomic mass is 10.2. The van der Waals surface area contributed by atoms with E-state index in [9.17, 15) is 4.79 Å². The number of ether oxygens (including phenoxy) is 1. The molecule has 3 nitrogen and oxygen atoms in total. The lowest BCUT2D eigenvalue weighted by molar-refractivity contribution is 0.0445. The molecule has 0 saturated carbocycles. The summed E-state index contributed by atoms with van der Waals surface area (Å²) >= 11 is 0. The van der Waals surface area contributed by atoms with E-state index in [0.29, 0.717) is 18.8 Å². The SMILES string of the molecule is C[Si](C)(C)OCCOC(=O)c1cc[c]cc1. The summed E-state index contributed by atoms with van der Waals surface area (Å²) in [6, 6.07) is 9.59. The standard InChI is InChI=1S/C12H17O3Si/c1-16(2,3)15-10-9-14-12(13)11-7-5-4-6-8-11/h5-8H,9-10H2,1-3H3. The second-order valence-corrected chi connectivity index (χ2v) is 8.90. The molecule has 16 heavy (non-hydrogen) atoms. The normalized spacial score (nSPS) is 11.2. The number of hydrogen-bond acceptors (Lipinski definition) is 3. The molecule has 0 aliphatic carbocycles. The van der Waals surface area contributed by atoms with Gasteiger partial charge in [0.1, 0.15) is 6.61 Å². The van der Waals surface area contributed by atoms with Gasteiger partial charge in [0.15, 0.2) is 8.32 Å². The van der Waals surface area contributed by atoms with E-state index in [2.05, 4.69) is 25.7 Å². The average molecular weight is 237 g/mol. The van der Waals surface area contributed by atoms with Crippen LogP contribution in [0.15, 0.2) is 24.3 Å². The summed E-state index contributed by atoms with van der Waals surface area (Å²) in [6.45, 7) is 7.08. The van der Waals surface area contributed by atoms with Gasteiger partial charge < -0.3 is 9.16 Å². The third-order valence-electron chi connectivity index (χ3n) is 1.81. The molecule has 0 aliphatic rings. The summed E-state index contributed by atoms with van der Waals surface area (Å²) in [5.74, 6) is -0.312. The van der Waals surface area contributed by atoms with Crippen LogP contribution in [0.4, 0.5) is 0 Å². The Hall–Kier alpha value is -1.13. The van der Waals surface area contributed by atoms with E-state index >= 15 is 0 Å². The van der Waals surface area contributed by atoms with Crippen LogP contribution in [-0.2, 0) is 9.16 Å². The summed E-state index contributed by atoms with van der Waals surface area (Å²) in [4.78, 5) is 11.5. The van der Waals surface area contributed by atoms with Gasteiger partial charge in [0, 0.05) is 0 Å². The maximum Gasteiger partial charge on any atom is 0.338 e. The van der Waals surface area contributed by atoms with Crippen molar-refractivity contribution in [2.45, 2.75) is 19.6 Å². The zero-order chi connectivity index (χ0) is 12.0. The molecule has 0 amide bonds. The van der Waals surface area contributed by atoms with Crippen molar-refractivity contribution in [1.82, 2.24) is 0 Å². The summed E-state index contributed by atoms with van der Waals surface area (Å²) in [5, 5.41) is 0. The van der Waals surface area contributed by atoms with Crippen molar-refractivity contribution < 1.29 is 14.0 Å².